The Balaban J connectivity index is 1.73. The number of hydrogen-bond donors (Lipinski definition) is 1. The largest absolute Gasteiger partial charge is 0.496 e. The molecule has 4 aromatic rings. The third-order valence-corrected chi connectivity index (χ3v) is 6.48. The summed E-state index contributed by atoms with van der Waals surface area (Å²) in [4.78, 5) is 21.1. The lowest BCUT2D eigenvalue weighted by Crippen LogP contribution is -2.19. The Bertz CT molecular complexity index is 1330. The Morgan fingerprint density at radius 2 is 1.91 bits per heavy atom. The molecule has 2 aromatic heterocycles. The van der Waals surface area contributed by atoms with E-state index in [0.717, 1.165) is 59.5 Å². The van der Waals surface area contributed by atoms with Crippen LogP contribution < -0.4 is 10.5 Å². The molecule has 1 fully saturated rings. The van der Waals surface area contributed by atoms with Gasteiger partial charge in [0.15, 0.2) is 0 Å². The predicted octanol–water partition coefficient (Wildman–Crippen LogP) is 4.11. The summed E-state index contributed by atoms with van der Waals surface area (Å²) in [6.07, 6.45) is 5.45. The van der Waals surface area contributed by atoms with Crippen molar-refractivity contribution in [1.29, 1.82) is 0 Å². The highest BCUT2D eigenvalue weighted by molar-refractivity contribution is 5.97. The van der Waals surface area contributed by atoms with E-state index < -0.39 is 11.8 Å². The first-order valence-corrected chi connectivity index (χ1v) is 11.4. The van der Waals surface area contributed by atoms with Crippen LogP contribution in [-0.2, 0) is 9.53 Å². The minimum absolute atomic E-state index is 0.267. The van der Waals surface area contributed by atoms with Gasteiger partial charge in [0.2, 0.25) is 5.91 Å². The zero-order valence-electron chi connectivity index (χ0n) is 19.3. The van der Waals surface area contributed by atoms with E-state index in [1.807, 2.05) is 47.1 Å². The minimum atomic E-state index is -0.522. The van der Waals surface area contributed by atoms with Gasteiger partial charge in [-0.3, -0.25) is 9.48 Å². The van der Waals surface area contributed by atoms with Crippen molar-refractivity contribution in [2.24, 2.45) is 5.73 Å². The van der Waals surface area contributed by atoms with Crippen LogP contribution in [0.3, 0.4) is 0 Å². The Kier molecular flexibility index (Phi) is 5.98. The summed E-state index contributed by atoms with van der Waals surface area (Å²) in [7, 11) is 1.58. The van der Waals surface area contributed by atoms with E-state index in [4.69, 9.17) is 20.3 Å². The molecular formula is C26H27N5O3. The van der Waals surface area contributed by atoms with Gasteiger partial charge in [-0.05, 0) is 25.8 Å². The van der Waals surface area contributed by atoms with Crippen LogP contribution >= 0.6 is 0 Å². The molecule has 1 unspecified atom stereocenters. The molecule has 0 radical (unpaired) electrons. The lowest BCUT2D eigenvalue weighted by atomic mass is 9.95. The number of benzene rings is 2. The van der Waals surface area contributed by atoms with Gasteiger partial charge in [0, 0.05) is 47.6 Å². The average molecular weight is 458 g/mol. The molecule has 1 saturated heterocycles. The van der Waals surface area contributed by atoms with Crippen molar-refractivity contribution in [3.05, 3.63) is 60.6 Å². The molecule has 8 nitrogen and oxygen atoms in total. The highest BCUT2D eigenvalue weighted by Gasteiger charge is 2.24. The first-order valence-electron chi connectivity index (χ1n) is 11.4. The van der Waals surface area contributed by atoms with Crippen LogP contribution in [0.5, 0.6) is 5.75 Å². The molecule has 1 amide bonds. The van der Waals surface area contributed by atoms with Gasteiger partial charge in [0.25, 0.3) is 0 Å². The van der Waals surface area contributed by atoms with Crippen LogP contribution in [-0.4, -0.2) is 46.0 Å². The van der Waals surface area contributed by atoms with Crippen molar-refractivity contribution in [2.45, 2.75) is 31.7 Å². The van der Waals surface area contributed by atoms with Gasteiger partial charge in [0.1, 0.15) is 17.8 Å². The van der Waals surface area contributed by atoms with Crippen molar-refractivity contribution >= 4 is 16.8 Å². The molecule has 2 aromatic carbocycles. The van der Waals surface area contributed by atoms with E-state index >= 15 is 0 Å². The fourth-order valence-corrected chi connectivity index (χ4v) is 4.49. The van der Waals surface area contributed by atoms with Gasteiger partial charge in [0.05, 0.1) is 30.3 Å². The number of aromatic nitrogens is 4. The van der Waals surface area contributed by atoms with Crippen LogP contribution in [0.2, 0.25) is 0 Å². The van der Waals surface area contributed by atoms with Gasteiger partial charge in [-0.25, -0.2) is 9.97 Å². The Morgan fingerprint density at radius 1 is 1.15 bits per heavy atom. The van der Waals surface area contributed by atoms with Crippen LogP contribution in [0.1, 0.15) is 37.3 Å². The number of nitrogens with two attached hydrogens (primary N) is 1. The molecule has 5 rings (SSSR count). The Labute approximate surface area is 197 Å². The fraction of sp³-hybridized carbons (Fsp3) is 0.308. The third-order valence-electron chi connectivity index (χ3n) is 6.48. The van der Waals surface area contributed by atoms with Crippen molar-refractivity contribution < 1.29 is 14.3 Å². The summed E-state index contributed by atoms with van der Waals surface area (Å²) in [5, 5.41) is 5.82. The quantitative estimate of drug-likeness (QED) is 0.467. The number of rotatable bonds is 6. The second-order valence-electron chi connectivity index (χ2n) is 8.54. The van der Waals surface area contributed by atoms with Gasteiger partial charge in [-0.2, -0.15) is 5.10 Å². The minimum Gasteiger partial charge on any atom is -0.496 e. The molecule has 0 saturated carbocycles. The molecule has 1 atom stereocenters. The van der Waals surface area contributed by atoms with Gasteiger partial charge in [-0.15, -0.1) is 0 Å². The normalized spacial score (nSPS) is 15.4. The third kappa shape index (κ3) is 4.01. The molecule has 1 aliphatic rings. The molecule has 0 aliphatic carbocycles. The summed E-state index contributed by atoms with van der Waals surface area (Å²) >= 11 is 0. The number of nitrogens with zero attached hydrogens (tertiary/aromatic N) is 4. The standard InChI is InChI=1S/C26H27N5O3/c1-16(26(27)32)19-12-20-22(13-23(19)33-2)28-15-29-25(20)21-14-31(18-8-10-34-11-9-18)30-24(21)17-6-4-3-5-7-17/h3-7,12-16,18H,8-11H2,1-2H3,(H2,27,32). The van der Waals surface area contributed by atoms with Crippen LogP contribution in [0.15, 0.2) is 55.0 Å². The van der Waals surface area contributed by atoms with Gasteiger partial charge in [-0.1, -0.05) is 30.3 Å². The number of amides is 1. The summed E-state index contributed by atoms with van der Waals surface area (Å²) < 4.78 is 13.1. The first kappa shape index (κ1) is 22.0. The molecule has 174 valence electrons. The fourth-order valence-electron chi connectivity index (χ4n) is 4.49. The summed E-state index contributed by atoms with van der Waals surface area (Å²) in [5.41, 5.74) is 10.6. The van der Waals surface area contributed by atoms with Crippen LogP contribution in [0.4, 0.5) is 0 Å². The number of methoxy groups -OCH3 is 1. The average Bonchev–Trinajstić information content (AvgIpc) is 3.33. The number of primary amides is 1. The lowest BCUT2D eigenvalue weighted by Gasteiger charge is -2.22. The molecule has 1 aliphatic heterocycles. The zero-order valence-corrected chi connectivity index (χ0v) is 19.3. The molecule has 2 N–H and O–H groups in total. The monoisotopic (exact) mass is 457 g/mol. The number of ether oxygens (including phenoxy) is 2. The van der Waals surface area contributed by atoms with E-state index in [1.54, 1.807) is 20.4 Å². The molecule has 34 heavy (non-hydrogen) atoms. The Morgan fingerprint density at radius 3 is 2.62 bits per heavy atom. The SMILES string of the molecule is COc1cc2ncnc(-c3cn(C4CCOCC4)nc3-c3ccccc3)c2cc1C(C)C(N)=O. The van der Waals surface area contributed by atoms with Crippen molar-refractivity contribution in [3.63, 3.8) is 0 Å². The second-order valence-corrected chi connectivity index (χ2v) is 8.54. The smallest absolute Gasteiger partial charge is 0.224 e. The van der Waals surface area contributed by atoms with E-state index in [2.05, 4.69) is 16.2 Å². The Hall–Kier alpha value is -3.78. The van der Waals surface area contributed by atoms with E-state index in [1.165, 1.54) is 0 Å². The summed E-state index contributed by atoms with van der Waals surface area (Å²) in [6, 6.07) is 14.1. The summed E-state index contributed by atoms with van der Waals surface area (Å²) in [5.74, 6) is -0.371. The van der Waals surface area contributed by atoms with Gasteiger partial charge >= 0.3 is 0 Å². The predicted molar refractivity (Wildman–Crippen MR) is 129 cm³/mol. The highest BCUT2D eigenvalue weighted by Crippen LogP contribution is 2.38. The molecule has 0 bridgehead atoms. The zero-order chi connectivity index (χ0) is 23.7. The van der Waals surface area contributed by atoms with Crippen molar-refractivity contribution in [2.75, 3.05) is 20.3 Å². The van der Waals surface area contributed by atoms with Crippen molar-refractivity contribution in [1.82, 2.24) is 19.7 Å². The van der Waals surface area contributed by atoms with Crippen molar-refractivity contribution in [3.8, 4) is 28.3 Å². The maximum Gasteiger partial charge on any atom is 0.224 e. The molecule has 0 spiro atoms. The number of carbonyl (C=O) groups is 1. The maximum absolute atomic E-state index is 12.0. The number of carbonyl (C=O) groups excluding carboxylic acids is 1. The first-order chi connectivity index (χ1) is 16.6. The van der Waals surface area contributed by atoms with Gasteiger partial charge < -0.3 is 15.2 Å². The second kappa shape index (κ2) is 9.23. The topological polar surface area (TPSA) is 105 Å². The molecule has 3 heterocycles. The number of fused-ring (bicyclic) bond motifs is 1. The van der Waals surface area contributed by atoms with Crippen LogP contribution in [0, 0.1) is 0 Å². The molecule has 8 heteroatoms. The van der Waals surface area contributed by atoms with Crippen LogP contribution in [0.25, 0.3) is 33.4 Å². The maximum atomic E-state index is 12.0. The van der Waals surface area contributed by atoms with E-state index in [-0.39, 0.29) is 6.04 Å². The van der Waals surface area contributed by atoms with E-state index in [0.29, 0.717) is 11.3 Å². The lowest BCUT2D eigenvalue weighted by molar-refractivity contribution is -0.119. The van der Waals surface area contributed by atoms with E-state index in [9.17, 15) is 4.79 Å². The summed E-state index contributed by atoms with van der Waals surface area (Å²) in [6.45, 7) is 3.23. The number of hydrogen-bond acceptors (Lipinski definition) is 6. The highest BCUT2D eigenvalue weighted by atomic mass is 16.5. The molecular weight excluding hydrogens is 430 g/mol.